The number of methoxy groups -OCH3 is 2. The minimum absolute atomic E-state index is 0.0258. The molecule has 1 heterocycles. The fourth-order valence-electron chi connectivity index (χ4n) is 4.37. The first-order valence-electron chi connectivity index (χ1n) is 11.2. The van der Waals surface area contributed by atoms with E-state index in [0.717, 1.165) is 47.8 Å². The molecule has 33 heavy (non-hydrogen) atoms. The second-order valence-electron chi connectivity index (χ2n) is 8.28. The lowest BCUT2D eigenvalue weighted by molar-refractivity contribution is 0.206. The molecule has 6 nitrogen and oxygen atoms in total. The number of anilines is 2. The molecule has 0 spiro atoms. The number of amides is 2. The van der Waals surface area contributed by atoms with E-state index in [1.807, 2.05) is 53.4 Å². The second-order valence-corrected chi connectivity index (χ2v) is 8.28. The molecular weight excluding hydrogens is 414 g/mol. The van der Waals surface area contributed by atoms with Gasteiger partial charge in [-0.05, 0) is 54.8 Å². The highest BCUT2D eigenvalue weighted by molar-refractivity contribution is 5.90. The number of carbonyl (C=O) groups is 1. The summed E-state index contributed by atoms with van der Waals surface area (Å²) in [6.45, 7) is 1.54. The number of nitrogens with zero attached hydrogens (tertiary/aromatic N) is 2. The summed E-state index contributed by atoms with van der Waals surface area (Å²) < 4.78 is 10.9. The molecule has 2 amide bonds. The predicted octanol–water partition coefficient (Wildman–Crippen LogP) is 5.71. The molecule has 0 bridgehead atoms. The van der Waals surface area contributed by atoms with Gasteiger partial charge in [-0.25, -0.2) is 4.79 Å². The van der Waals surface area contributed by atoms with Crippen LogP contribution in [0.25, 0.3) is 0 Å². The normalized spacial score (nSPS) is 15.2. The van der Waals surface area contributed by atoms with Gasteiger partial charge < -0.3 is 24.6 Å². The Bertz CT molecular complexity index is 1070. The monoisotopic (exact) mass is 445 g/mol. The number of likely N-dealkylation sites (tertiary alicyclic amines) is 1. The average Bonchev–Trinajstić information content (AvgIpc) is 3.34. The summed E-state index contributed by atoms with van der Waals surface area (Å²) in [5.41, 5.74) is 4.14. The first kappa shape index (κ1) is 22.5. The Hall–Kier alpha value is -3.67. The molecule has 1 aliphatic heterocycles. The van der Waals surface area contributed by atoms with Crippen LogP contribution in [0.1, 0.15) is 30.0 Å². The fourth-order valence-corrected chi connectivity index (χ4v) is 4.37. The van der Waals surface area contributed by atoms with Gasteiger partial charge in [-0.2, -0.15) is 0 Å². The number of urea groups is 1. The van der Waals surface area contributed by atoms with Gasteiger partial charge in [0.2, 0.25) is 0 Å². The maximum Gasteiger partial charge on any atom is 0.322 e. The van der Waals surface area contributed by atoms with Crippen LogP contribution in [0.2, 0.25) is 0 Å². The first-order valence-corrected chi connectivity index (χ1v) is 11.2. The number of hydrogen-bond donors (Lipinski definition) is 1. The average molecular weight is 446 g/mol. The standard InChI is InChI=1S/C27H31N3O3/c1-29(19-20-8-5-4-6-9-20)22-13-11-21(12-14-22)28-27(31)30-17-7-10-25(30)24-16-15-23(32-2)18-26(24)33-3/h4-6,8-9,11-16,18,25H,7,10,17,19H2,1-3H3,(H,28,31). The summed E-state index contributed by atoms with van der Waals surface area (Å²) in [5.74, 6) is 1.48. The van der Waals surface area contributed by atoms with Crippen LogP contribution in [0.5, 0.6) is 11.5 Å². The van der Waals surface area contributed by atoms with Gasteiger partial charge >= 0.3 is 6.03 Å². The van der Waals surface area contributed by atoms with Crippen molar-refractivity contribution in [3.05, 3.63) is 83.9 Å². The number of carbonyl (C=O) groups excluding carboxylic acids is 1. The zero-order valence-electron chi connectivity index (χ0n) is 19.5. The molecule has 0 aliphatic carbocycles. The number of hydrogen-bond acceptors (Lipinski definition) is 4. The van der Waals surface area contributed by atoms with Crippen LogP contribution < -0.4 is 19.7 Å². The summed E-state index contributed by atoms with van der Waals surface area (Å²) in [7, 11) is 5.35. The molecule has 6 heteroatoms. The molecule has 0 aromatic heterocycles. The SMILES string of the molecule is COc1ccc(C2CCCN2C(=O)Nc2ccc(N(C)Cc3ccccc3)cc2)c(OC)c1. The third kappa shape index (κ3) is 5.22. The van der Waals surface area contributed by atoms with Gasteiger partial charge in [0.05, 0.1) is 20.3 Å². The lowest BCUT2D eigenvalue weighted by atomic mass is 10.0. The zero-order valence-corrected chi connectivity index (χ0v) is 19.5. The molecule has 1 saturated heterocycles. The number of ether oxygens (including phenoxy) is 2. The molecule has 3 aromatic carbocycles. The highest BCUT2D eigenvalue weighted by atomic mass is 16.5. The molecule has 1 fully saturated rings. The van der Waals surface area contributed by atoms with Crippen LogP contribution >= 0.6 is 0 Å². The van der Waals surface area contributed by atoms with Crippen LogP contribution in [0, 0.1) is 0 Å². The van der Waals surface area contributed by atoms with Crippen molar-refractivity contribution in [1.29, 1.82) is 0 Å². The molecule has 1 N–H and O–H groups in total. The maximum atomic E-state index is 13.1. The van der Waals surface area contributed by atoms with E-state index >= 15 is 0 Å². The van der Waals surface area contributed by atoms with Gasteiger partial charge in [-0.15, -0.1) is 0 Å². The number of nitrogens with one attached hydrogen (secondary N) is 1. The van der Waals surface area contributed by atoms with E-state index in [4.69, 9.17) is 9.47 Å². The van der Waals surface area contributed by atoms with Crippen molar-refractivity contribution in [2.24, 2.45) is 0 Å². The Kier molecular flexibility index (Phi) is 7.03. The van der Waals surface area contributed by atoms with E-state index in [-0.39, 0.29) is 12.1 Å². The molecule has 1 atom stereocenters. The van der Waals surface area contributed by atoms with E-state index in [1.54, 1.807) is 14.2 Å². The molecule has 1 aliphatic rings. The predicted molar refractivity (Wildman–Crippen MR) is 132 cm³/mol. The van der Waals surface area contributed by atoms with E-state index < -0.39 is 0 Å². The summed E-state index contributed by atoms with van der Waals surface area (Å²) in [6, 6.07) is 24.0. The van der Waals surface area contributed by atoms with Gasteiger partial charge in [0.15, 0.2) is 0 Å². The van der Waals surface area contributed by atoms with Gasteiger partial charge in [-0.3, -0.25) is 0 Å². The van der Waals surface area contributed by atoms with Crippen molar-refractivity contribution in [3.63, 3.8) is 0 Å². The second kappa shape index (κ2) is 10.3. The van der Waals surface area contributed by atoms with Crippen LogP contribution in [0.4, 0.5) is 16.2 Å². The fraction of sp³-hybridized carbons (Fsp3) is 0.296. The summed E-state index contributed by atoms with van der Waals surface area (Å²) in [4.78, 5) is 17.2. The summed E-state index contributed by atoms with van der Waals surface area (Å²) >= 11 is 0. The van der Waals surface area contributed by atoms with Gasteiger partial charge in [-0.1, -0.05) is 30.3 Å². The smallest absolute Gasteiger partial charge is 0.322 e. The minimum Gasteiger partial charge on any atom is -0.497 e. The van der Waals surface area contributed by atoms with E-state index in [1.165, 1.54) is 5.56 Å². The van der Waals surface area contributed by atoms with Crippen molar-refractivity contribution in [3.8, 4) is 11.5 Å². The largest absolute Gasteiger partial charge is 0.497 e. The van der Waals surface area contributed by atoms with Crippen LogP contribution in [-0.2, 0) is 6.54 Å². The van der Waals surface area contributed by atoms with Crippen molar-refractivity contribution >= 4 is 17.4 Å². The summed E-state index contributed by atoms with van der Waals surface area (Å²) in [5, 5.41) is 3.06. The summed E-state index contributed by atoms with van der Waals surface area (Å²) in [6.07, 6.45) is 1.86. The molecule has 4 rings (SSSR count). The molecular formula is C27H31N3O3. The molecule has 3 aromatic rings. The Labute approximate surface area is 195 Å². The van der Waals surface area contributed by atoms with E-state index in [9.17, 15) is 4.79 Å². The molecule has 0 radical (unpaired) electrons. The van der Waals surface area contributed by atoms with Crippen molar-refractivity contribution in [1.82, 2.24) is 4.90 Å². The number of benzene rings is 3. The first-order chi connectivity index (χ1) is 16.1. The lowest BCUT2D eigenvalue weighted by Gasteiger charge is -2.27. The molecule has 172 valence electrons. The third-order valence-electron chi connectivity index (χ3n) is 6.14. The Morgan fingerprint density at radius 1 is 1.03 bits per heavy atom. The van der Waals surface area contributed by atoms with Gasteiger partial charge in [0.25, 0.3) is 0 Å². The highest BCUT2D eigenvalue weighted by Crippen LogP contribution is 2.39. The lowest BCUT2D eigenvalue weighted by Crippen LogP contribution is -2.34. The maximum absolute atomic E-state index is 13.1. The van der Waals surface area contributed by atoms with Gasteiger partial charge in [0.1, 0.15) is 11.5 Å². The van der Waals surface area contributed by atoms with Crippen LogP contribution in [0.3, 0.4) is 0 Å². The topological polar surface area (TPSA) is 54.0 Å². The number of rotatable bonds is 7. The van der Waals surface area contributed by atoms with Crippen LogP contribution in [-0.4, -0.2) is 38.7 Å². The van der Waals surface area contributed by atoms with Crippen molar-refractivity contribution in [2.75, 3.05) is 38.0 Å². The van der Waals surface area contributed by atoms with Crippen LogP contribution in [0.15, 0.2) is 72.8 Å². The third-order valence-corrected chi connectivity index (χ3v) is 6.14. The van der Waals surface area contributed by atoms with Crippen molar-refractivity contribution < 1.29 is 14.3 Å². The highest BCUT2D eigenvalue weighted by Gasteiger charge is 2.32. The Balaban J connectivity index is 1.42. The van der Waals surface area contributed by atoms with Gasteiger partial charge in [0, 0.05) is 43.1 Å². The Morgan fingerprint density at radius 3 is 2.48 bits per heavy atom. The van der Waals surface area contributed by atoms with E-state index in [0.29, 0.717) is 6.54 Å². The Morgan fingerprint density at radius 2 is 1.79 bits per heavy atom. The molecule has 1 unspecified atom stereocenters. The van der Waals surface area contributed by atoms with Crippen molar-refractivity contribution in [2.45, 2.75) is 25.4 Å². The van der Waals surface area contributed by atoms with E-state index in [2.05, 4.69) is 41.5 Å². The quantitative estimate of drug-likeness (QED) is 0.506. The molecule has 0 saturated carbocycles. The minimum atomic E-state index is -0.0965. The zero-order chi connectivity index (χ0) is 23.2.